The second-order valence-corrected chi connectivity index (χ2v) is 11.0. The first-order valence-corrected chi connectivity index (χ1v) is 14.0. The van der Waals surface area contributed by atoms with Crippen LogP contribution in [-0.4, -0.2) is 41.8 Å². The second-order valence-electron chi connectivity index (χ2n) is 9.14. The highest BCUT2D eigenvalue weighted by Gasteiger charge is 2.32. The minimum absolute atomic E-state index is 0.112. The second kappa shape index (κ2) is 11.9. The Morgan fingerprint density at radius 2 is 1.72 bits per heavy atom. The summed E-state index contributed by atoms with van der Waals surface area (Å²) in [5.74, 6) is -1.02. The van der Waals surface area contributed by atoms with Gasteiger partial charge in [0.05, 0.1) is 17.5 Å². The number of benzene rings is 2. The van der Waals surface area contributed by atoms with Gasteiger partial charge in [-0.15, -0.1) is 0 Å². The lowest BCUT2D eigenvalue weighted by Gasteiger charge is -2.25. The molecule has 0 aliphatic rings. The molecule has 0 saturated carbocycles. The molecule has 0 fully saturated rings. The van der Waals surface area contributed by atoms with Crippen molar-refractivity contribution in [1.82, 2.24) is 14.5 Å². The van der Waals surface area contributed by atoms with Crippen molar-refractivity contribution in [3.8, 4) is 17.0 Å². The third-order valence-electron chi connectivity index (χ3n) is 6.50. The maximum Gasteiger partial charge on any atom is 0.296 e. The van der Waals surface area contributed by atoms with Crippen molar-refractivity contribution in [2.75, 3.05) is 13.7 Å². The summed E-state index contributed by atoms with van der Waals surface area (Å²) in [6.07, 6.45) is 1.87. The van der Waals surface area contributed by atoms with E-state index in [4.69, 9.17) is 4.74 Å². The van der Waals surface area contributed by atoms with Crippen LogP contribution < -0.4 is 5.56 Å². The Hall–Kier alpha value is -3.89. The minimum atomic E-state index is -4.47. The Balaban J connectivity index is 1.86. The molecule has 8 nitrogen and oxygen atoms in total. The Labute approximate surface area is 226 Å². The Morgan fingerprint density at radius 3 is 2.33 bits per heavy atom. The number of aromatic nitrogens is 3. The van der Waals surface area contributed by atoms with Crippen molar-refractivity contribution in [2.24, 2.45) is 0 Å². The van der Waals surface area contributed by atoms with Crippen LogP contribution in [0.2, 0.25) is 0 Å². The van der Waals surface area contributed by atoms with Crippen molar-refractivity contribution in [3.05, 3.63) is 100 Å². The van der Waals surface area contributed by atoms with Crippen LogP contribution in [0.3, 0.4) is 0 Å². The average molecular weight is 552 g/mol. The van der Waals surface area contributed by atoms with Gasteiger partial charge < -0.3 is 9.84 Å². The largest absolute Gasteiger partial charge is 0.493 e. The lowest BCUT2D eigenvalue weighted by Crippen LogP contribution is -2.29. The molecule has 1 N–H and O–H groups in total. The first-order valence-electron chi connectivity index (χ1n) is 12.6. The van der Waals surface area contributed by atoms with Gasteiger partial charge >= 0.3 is 0 Å². The van der Waals surface area contributed by atoms with Crippen LogP contribution in [0.1, 0.15) is 42.9 Å². The quantitative estimate of drug-likeness (QED) is 0.280. The van der Waals surface area contributed by atoms with Gasteiger partial charge in [0.25, 0.3) is 5.56 Å². The molecule has 0 saturated heterocycles. The molecule has 39 heavy (non-hydrogen) atoms. The van der Waals surface area contributed by atoms with Gasteiger partial charge in [-0.05, 0) is 48.7 Å². The molecule has 4 aromatic rings. The molecular weight excluding hydrogens is 521 g/mol. The molecule has 0 aliphatic heterocycles. The Bertz CT molecular complexity index is 1620. The summed E-state index contributed by atoms with van der Waals surface area (Å²) in [7, 11) is -2.96. The molecule has 4 rings (SSSR count). The monoisotopic (exact) mass is 551 g/mol. The summed E-state index contributed by atoms with van der Waals surface area (Å²) in [6, 6.07) is 17.1. The molecule has 0 amide bonds. The summed E-state index contributed by atoms with van der Waals surface area (Å²) in [4.78, 5) is 20.1. The third kappa shape index (κ3) is 5.76. The number of aromatic hydroxyl groups is 1. The Kier molecular flexibility index (Phi) is 8.57. The fourth-order valence-electron chi connectivity index (χ4n) is 4.54. The zero-order chi connectivity index (χ0) is 28.2. The number of ether oxygens (including phenoxy) is 1. The van der Waals surface area contributed by atoms with Gasteiger partial charge in [0.15, 0.2) is 4.90 Å². The maximum atomic E-state index is 13.7. The van der Waals surface area contributed by atoms with Crippen LogP contribution in [0.25, 0.3) is 11.1 Å². The molecule has 1 atom stereocenters. The molecule has 2 heterocycles. The Morgan fingerprint density at radius 1 is 1.03 bits per heavy atom. The third-order valence-corrected chi connectivity index (χ3v) is 8.29. The van der Waals surface area contributed by atoms with Gasteiger partial charge in [0.2, 0.25) is 21.7 Å². The van der Waals surface area contributed by atoms with Crippen LogP contribution in [0, 0.1) is 12.9 Å². The number of sulfone groups is 1. The zero-order valence-electron chi connectivity index (χ0n) is 22.0. The molecule has 0 radical (unpaired) electrons. The van der Waals surface area contributed by atoms with Crippen molar-refractivity contribution in [2.45, 2.75) is 48.9 Å². The molecule has 0 spiro atoms. The highest BCUT2D eigenvalue weighted by atomic mass is 32.2. The van der Waals surface area contributed by atoms with E-state index in [0.717, 1.165) is 12.0 Å². The number of rotatable bonds is 10. The van der Waals surface area contributed by atoms with E-state index in [-0.39, 0.29) is 17.3 Å². The number of methoxy groups -OCH3 is 1. The molecule has 0 aliphatic carbocycles. The summed E-state index contributed by atoms with van der Waals surface area (Å²) in [6.45, 7) is 3.75. The van der Waals surface area contributed by atoms with E-state index in [1.54, 1.807) is 25.1 Å². The predicted octanol–water partition coefficient (Wildman–Crippen LogP) is 4.87. The number of nitrogens with zero attached hydrogens (tertiary/aromatic N) is 3. The van der Waals surface area contributed by atoms with E-state index in [9.17, 15) is 22.7 Å². The van der Waals surface area contributed by atoms with Crippen LogP contribution >= 0.6 is 0 Å². The molecule has 0 unspecified atom stereocenters. The molecule has 2 aromatic heterocycles. The van der Waals surface area contributed by atoms with Crippen LogP contribution in [0.5, 0.6) is 5.88 Å². The highest BCUT2D eigenvalue weighted by Crippen LogP contribution is 2.33. The minimum Gasteiger partial charge on any atom is -0.493 e. The fraction of sp³-hybridized carbons (Fsp3) is 0.276. The number of hydrogen-bond donors (Lipinski definition) is 1. The van der Waals surface area contributed by atoms with E-state index in [2.05, 4.69) is 9.97 Å². The van der Waals surface area contributed by atoms with E-state index in [1.165, 1.54) is 29.9 Å². The van der Waals surface area contributed by atoms with Gasteiger partial charge in [0.1, 0.15) is 5.82 Å². The van der Waals surface area contributed by atoms with Gasteiger partial charge in [-0.1, -0.05) is 55.8 Å². The van der Waals surface area contributed by atoms with E-state index >= 15 is 0 Å². The van der Waals surface area contributed by atoms with Gasteiger partial charge in [-0.2, -0.15) is 9.37 Å². The van der Waals surface area contributed by atoms with Crippen molar-refractivity contribution in [1.29, 1.82) is 0 Å². The van der Waals surface area contributed by atoms with E-state index in [1.807, 2.05) is 37.3 Å². The molecule has 10 heteroatoms. The molecule has 2 aromatic carbocycles. The van der Waals surface area contributed by atoms with Crippen LogP contribution in [-0.2, 0) is 21.0 Å². The lowest BCUT2D eigenvalue weighted by molar-refractivity contribution is 0.161. The standard InChI is InChI=1S/C29H30FN3O5S/c1-4-5-11-26-32-28(34)27(29(35)33(26)24(18-38-3)21-9-7-6-8-10-21)39(36,37)22-14-12-20(13-15-22)23-16-17-25(30)31-19(23)2/h6-10,12-17,24,35H,4-5,11,18H2,1-3H3/t24-/m0/s1. The summed E-state index contributed by atoms with van der Waals surface area (Å²) >= 11 is 0. The summed E-state index contributed by atoms with van der Waals surface area (Å²) in [5, 5.41) is 11.4. The van der Waals surface area contributed by atoms with Gasteiger partial charge in [-0.25, -0.2) is 13.4 Å². The molecular formula is C29H30FN3O5S. The van der Waals surface area contributed by atoms with Crippen molar-refractivity contribution in [3.63, 3.8) is 0 Å². The number of hydrogen-bond acceptors (Lipinski definition) is 7. The zero-order valence-corrected chi connectivity index (χ0v) is 22.8. The van der Waals surface area contributed by atoms with Crippen molar-refractivity contribution < 1.29 is 22.7 Å². The number of aryl methyl sites for hydroxylation is 2. The first-order chi connectivity index (χ1) is 18.7. The SMILES string of the molecule is CCCCc1nc(=O)c(S(=O)(=O)c2ccc(-c3ccc(F)nc3C)cc2)c(O)n1[C@@H](COC)c1ccccc1. The van der Waals surface area contributed by atoms with Gasteiger partial charge in [-0.3, -0.25) is 9.36 Å². The smallest absolute Gasteiger partial charge is 0.296 e. The number of pyridine rings is 1. The first kappa shape index (κ1) is 28.1. The van der Waals surface area contributed by atoms with Gasteiger partial charge in [0, 0.05) is 24.8 Å². The number of halogens is 1. The maximum absolute atomic E-state index is 13.7. The predicted molar refractivity (Wildman–Crippen MR) is 145 cm³/mol. The normalized spacial score (nSPS) is 12.4. The van der Waals surface area contributed by atoms with Crippen LogP contribution in [0.15, 0.2) is 81.3 Å². The fourth-order valence-corrected chi connectivity index (χ4v) is 5.89. The highest BCUT2D eigenvalue weighted by molar-refractivity contribution is 7.91. The van der Waals surface area contributed by atoms with Crippen LogP contribution in [0.4, 0.5) is 4.39 Å². The van der Waals surface area contributed by atoms with E-state index in [0.29, 0.717) is 29.7 Å². The van der Waals surface area contributed by atoms with E-state index < -0.39 is 38.2 Å². The summed E-state index contributed by atoms with van der Waals surface area (Å²) in [5.41, 5.74) is 1.44. The number of unbranched alkanes of at least 4 members (excludes halogenated alkanes) is 1. The molecule has 0 bridgehead atoms. The summed E-state index contributed by atoms with van der Waals surface area (Å²) < 4.78 is 47.7. The van der Waals surface area contributed by atoms with Crippen molar-refractivity contribution >= 4 is 9.84 Å². The lowest BCUT2D eigenvalue weighted by atomic mass is 10.1. The molecule has 204 valence electrons. The average Bonchev–Trinajstić information content (AvgIpc) is 2.91. The topological polar surface area (TPSA) is 111 Å².